The minimum absolute atomic E-state index is 0.296. The predicted octanol–water partition coefficient (Wildman–Crippen LogP) is 2.48. The quantitative estimate of drug-likeness (QED) is 0.574. The highest BCUT2D eigenvalue weighted by Crippen LogP contribution is 2.35. The van der Waals surface area contributed by atoms with Crippen LogP contribution in [0.4, 0.5) is 0 Å². The van der Waals surface area contributed by atoms with E-state index in [0.717, 1.165) is 25.2 Å². The number of aliphatic hydroxyl groups excluding tert-OH is 1. The first-order valence-corrected chi connectivity index (χ1v) is 6.29. The molecule has 15 heavy (non-hydrogen) atoms. The molecular weight excluding hydrogens is 186 g/mol. The molecule has 1 aliphatic rings. The van der Waals surface area contributed by atoms with Crippen LogP contribution in [-0.2, 0) is 0 Å². The molecule has 2 atom stereocenters. The van der Waals surface area contributed by atoms with Crippen LogP contribution in [0.25, 0.3) is 0 Å². The van der Waals surface area contributed by atoms with E-state index in [0.29, 0.717) is 18.7 Å². The molecule has 88 valence electrons. The monoisotopic (exact) mass is 211 g/mol. The van der Waals surface area contributed by atoms with Crippen molar-refractivity contribution in [2.24, 2.45) is 5.92 Å². The molecule has 0 saturated heterocycles. The lowest BCUT2D eigenvalue weighted by atomic mass is 10.0. The van der Waals surface area contributed by atoms with Crippen LogP contribution in [0.2, 0.25) is 0 Å². The summed E-state index contributed by atoms with van der Waals surface area (Å²) in [5, 5.41) is 12.6. The highest BCUT2D eigenvalue weighted by molar-refractivity contribution is 4.89. The Morgan fingerprint density at radius 2 is 2.20 bits per heavy atom. The molecule has 2 unspecified atom stereocenters. The molecule has 2 N–H and O–H groups in total. The minimum Gasteiger partial charge on any atom is -0.396 e. The molecule has 0 aromatic heterocycles. The highest BCUT2D eigenvalue weighted by atomic mass is 16.3. The molecule has 0 spiro atoms. The van der Waals surface area contributed by atoms with Gasteiger partial charge in [-0.1, -0.05) is 13.0 Å². The highest BCUT2D eigenvalue weighted by Gasteiger charge is 2.31. The average Bonchev–Trinajstić information content (AvgIpc) is 3.06. The molecule has 1 fully saturated rings. The Kier molecular flexibility index (Phi) is 5.96. The molecule has 0 aromatic rings. The molecule has 2 heteroatoms. The predicted molar refractivity (Wildman–Crippen MR) is 64.9 cm³/mol. The van der Waals surface area contributed by atoms with Gasteiger partial charge >= 0.3 is 0 Å². The number of rotatable bonds is 9. The van der Waals surface area contributed by atoms with Crippen LogP contribution in [-0.4, -0.2) is 23.8 Å². The average molecular weight is 211 g/mol. The largest absolute Gasteiger partial charge is 0.396 e. The maximum atomic E-state index is 8.95. The van der Waals surface area contributed by atoms with Gasteiger partial charge in [-0.3, -0.25) is 0 Å². The molecule has 2 nitrogen and oxygen atoms in total. The number of hydrogen-bond acceptors (Lipinski definition) is 2. The zero-order valence-electron chi connectivity index (χ0n) is 9.91. The Balaban J connectivity index is 2.30. The molecule has 0 radical (unpaired) electrons. The van der Waals surface area contributed by atoms with Gasteiger partial charge in [0.2, 0.25) is 0 Å². The summed E-state index contributed by atoms with van der Waals surface area (Å²) in [6.45, 7) is 6.26. The van der Waals surface area contributed by atoms with Gasteiger partial charge in [-0.25, -0.2) is 0 Å². The van der Waals surface area contributed by atoms with E-state index in [-0.39, 0.29) is 0 Å². The van der Waals surface area contributed by atoms with Gasteiger partial charge in [0.25, 0.3) is 0 Å². The first kappa shape index (κ1) is 12.7. The number of aliphatic hydroxyl groups is 1. The summed E-state index contributed by atoms with van der Waals surface area (Å²) >= 11 is 0. The molecule has 1 saturated carbocycles. The van der Waals surface area contributed by atoms with Crippen LogP contribution in [0, 0.1) is 5.92 Å². The number of allylic oxidation sites excluding steroid dienone is 1. The van der Waals surface area contributed by atoms with Crippen LogP contribution >= 0.6 is 0 Å². The Labute approximate surface area is 93.8 Å². The molecule has 0 amide bonds. The van der Waals surface area contributed by atoms with Gasteiger partial charge in [0.05, 0.1) is 0 Å². The fourth-order valence-corrected chi connectivity index (χ4v) is 2.12. The van der Waals surface area contributed by atoms with Crippen molar-refractivity contribution in [1.29, 1.82) is 0 Å². The Morgan fingerprint density at radius 3 is 2.67 bits per heavy atom. The zero-order chi connectivity index (χ0) is 11.1. The number of nitrogens with one attached hydrogen (secondary N) is 1. The second kappa shape index (κ2) is 7.02. The molecule has 0 aliphatic heterocycles. The van der Waals surface area contributed by atoms with Crippen LogP contribution in [0.1, 0.15) is 45.4 Å². The molecule has 0 bridgehead atoms. The smallest absolute Gasteiger partial charge is 0.0445 e. The van der Waals surface area contributed by atoms with E-state index in [1.807, 2.05) is 6.08 Å². The van der Waals surface area contributed by atoms with Gasteiger partial charge in [0.15, 0.2) is 0 Å². The van der Waals surface area contributed by atoms with E-state index in [1.165, 1.54) is 19.3 Å². The summed E-state index contributed by atoms with van der Waals surface area (Å²) in [4.78, 5) is 0. The first-order chi connectivity index (χ1) is 7.31. The van der Waals surface area contributed by atoms with Gasteiger partial charge in [-0.2, -0.15) is 0 Å². The van der Waals surface area contributed by atoms with Crippen molar-refractivity contribution in [2.45, 2.75) is 57.5 Å². The fourth-order valence-electron chi connectivity index (χ4n) is 2.12. The van der Waals surface area contributed by atoms with Crippen molar-refractivity contribution in [2.75, 3.05) is 6.61 Å². The van der Waals surface area contributed by atoms with Crippen LogP contribution < -0.4 is 5.32 Å². The molecule has 1 rings (SSSR count). The van der Waals surface area contributed by atoms with E-state index in [2.05, 4.69) is 18.8 Å². The zero-order valence-corrected chi connectivity index (χ0v) is 9.91. The Bertz CT molecular complexity index is 177. The Morgan fingerprint density at radius 1 is 1.47 bits per heavy atom. The van der Waals surface area contributed by atoms with Gasteiger partial charge in [0, 0.05) is 18.7 Å². The van der Waals surface area contributed by atoms with E-state index in [9.17, 15) is 0 Å². The third-order valence-electron chi connectivity index (χ3n) is 3.29. The maximum absolute atomic E-state index is 8.95. The van der Waals surface area contributed by atoms with Gasteiger partial charge in [-0.15, -0.1) is 6.58 Å². The van der Waals surface area contributed by atoms with Crippen molar-refractivity contribution < 1.29 is 5.11 Å². The minimum atomic E-state index is 0.296. The SMILES string of the molecule is C=CCCC(NC(CC)CCO)C1CC1. The van der Waals surface area contributed by atoms with Crippen molar-refractivity contribution in [1.82, 2.24) is 5.32 Å². The van der Waals surface area contributed by atoms with E-state index in [4.69, 9.17) is 5.11 Å². The van der Waals surface area contributed by atoms with Crippen molar-refractivity contribution >= 4 is 0 Å². The second-order valence-electron chi connectivity index (χ2n) is 4.59. The lowest BCUT2D eigenvalue weighted by molar-refractivity contribution is 0.249. The lowest BCUT2D eigenvalue weighted by Gasteiger charge is -2.24. The van der Waals surface area contributed by atoms with Gasteiger partial charge in [0.1, 0.15) is 0 Å². The maximum Gasteiger partial charge on any atom is 0.0445 e. The summed E-state index contributed by atoms with van der Waals surface area (Å²) in [6.07, 6.45) is 9.06. The number of hydrogen-bond donors (Lipinski definition) is 2. The fraction of sp³-hybridized carbons (Fsp3) is 0.846. The summed E-state index contributed by atoms with van der Waals surface area (Å²) in [5.41, 5.74) is 0. The summed E-state index contributed by atoms with van der Waals surface area (Å²) in [7, 11) is 0. The summed E-state index contributed by atoms with van der Waals surface area (Å²) < 4.78 is 0. The molecular formula is C13H25NO. The van der Waals surface area contributed by atoms with Crippen molar-refractivity contribution in [3.8, 4) is 0 Å². The molecule has 0 aromatic carbocycles. The van der Waals surface area contributed by atoms with Crippen molar-refractivity contribution in [3.05, 3.63) is 12.7 Å². The third-order valence-corrected chi connectivity index (χ3v) is 3.29. The second-order valence-corrected chi connectivity index (χ2v) is 4.59. The normalized spacial score (nSPS) is 19.9. The van der Waals surface area contributed by atoms with E-state index >= 15 is 0 Å². The first-order valence-electron chi connectivity index (χ1n) is 6.29. The standard InChI is InChI=1S/C13H25NO/c1-3-5-6-13(11-7-8-11)14-12(4-2)9-10-15/h3,11-15H,1,4-10H2,2H3. The van der Waals surface area contributed by atoms with Gasteiger partial charge < -0.3 is 10.4 Å². The molecule has 1 aliphatic carbocycles. The third kappa shape index (κ3) is 4.80. The van der Waals surface area contributed by atoms with Crippen LogP contribution in [0.15, 0.2) is 12.7 Å². The van der Waals surface area contributed by atoms with Crippen LogP contribution in [0.5, 0.6) is 0 Å². The molecule has 0 heterocycles. The van der Waals surface area contributed by atoms with Crippen LogP contribution in [0.3, 0.4) is 0 Å². The van der Waals surface area contributed by atoms with E-state index in [1.54, 1.807) is 0 Å². The Hall–Kier alpha value is -0.340. The van der Waals surface area contributed by atoms with Gasteiger partial charge in [-0.05, 0) is 44.4 Å². The van der Waals surface area contributed by atoms with Crippen molar-refractivity contribution in [3.63, 3.8) is 0 Å². The summed E-state index contributed by atoms with van der Waals surface area (Å²) in [5.74, 6) is 0.887. The summed E-state index contributed by atoms with van der Waals surface area (Å²) in [6, 6.07) is 1.14. The lowest BCUT2D eigenvalue weighted by Crippen LogP contribution is -2.39. The van der Waals surface area contributed by atoms with E-state index < -0.39 is 0 Å². The topological polar surface area (TPSA) is 32.3 Å².